The first-order chi connectivity index (χ1) is 6.68. The molecule has 1 aliphatic carbocycles. The van der Waals surface area contributed by atoms with Gasteiger partial charge in [-0.25, -0.2) is 0 Å². The van der Waals surface area contributed by atoms with Crippen molar-refractivity contribution < 1.29 is 9.84 Å². The van der Waals surface area contributed by atoms with Gasteiger partial charge in [-0.15, -0.1) is 0 Å². The first kappa shape index (κ1) is 12.0. The predicted octanol–water partition coefficient (Wildman–Crippen LogP) is 2.74. The van der Waals surface area contributed by atoms with E-state index in [4.69, 9.17) is 4.74 Å². The summed E-state index contributed by atoms with van der Waals surface area (Å²) >= 11 is 0. The van der Waals surface area contributed by atoms with E-state index in [1.807, 2.05) is 0 Å². The maximum absolute atomic E-state index is 10.1. The number of methoxy groups -OCH3 is 1. The minimum atomic E-state index is -0.297. The van der Waals surface area contributed by atoms with Crippen LogP contribution in [0.3, 0.4) is 0 Å². The molecule has 0 heterocycles. The van der Waals surface area contributed by atoms with E-state index < -0.39 is 0 Å². The summed E-state index contributed by atoms with van der Waals surface area (Å²) in [5, 5.41) is 10.1. The molecule has 1 unspecified atom stereocenters. The summed E-state index contributed by atoms with van der Waals surface area (Å²) in [5.74, 6) is 0.896. The molecule has 1 rings (SSSR count). The molecule has 1 N–H and O–H groups in total. The first-order valence-electron chi connectivity index (χ1n) is 5.91. The molecule has 0 radical (unpaired) electrons. The Kier molecular flexibility index (Phi) is 4.39. The molecule has 0 aromatic carbocycles. The lowest BCUT2D eigenvalue weighted by Gasteiger charge is -2.35. The molecule has 0 amide bonds. The van der Waals surface area contributed by atoms with Gasteiger partial charge in [0.2, 0.25) is 0 Å². The standard InChI is InChI=1S/C12H24O2/c1-4-12(5-2,14-3)11(13)9-8-10-6-7-10/h10-11,13H,4-9H2,1-3H3. The van der Waals surface area contributed by atoms with Crippen LogP contribution < -0.4 is 0 Å². The molecule has 0 aliphatic heterocycles. The van der Waals surface area contributed by atoms with E-state index in [9.17, 15) is 5.11 Å². The Hall–Kier alpha value is -0.0800. The average Bonchev–Trinajstić information content (AvgIpc) is 3.02. The number of hydrogen-bond donors (Lipinski definition) is 1. The third kappa shape index (κ3) is 2.71. The van der Waals surface area contributed by atoms with Crippen LogP contribution in [0.4, 0.5) is 0 Å². The van der Waals surface area contributed by atoms with Crippen molar-refractivity contribution in [3.63, 3.8) is 0 Å². The number of aliphatic hydroxyl groups excluding tert-OH is 1. The molecule has 2 nitrogen and oxygen atoms in total. The van der Waals surface area contributed by atoms with E-state index in [2.05, 4.69) is 13.8 Å². The zero-order valence-electron chi connectivity index (χ0n) is 9.75. The van der Waals surface area contributed by atoms with Crippen LogP contribution in [0.5, 0.6) is 0 Å². The molecule has 0 aromatic heterocycles. The van der Waals surface area contributed by atoms with E-state index in [1.54, 1.807) is 7.11 Å². The largest absolute Gasteiger partial charge is 0.390 e. The van der Waals surface area contributed by atoms with Gasteiger partial charge >= 0.3 is 0 Å². The lowest BCUT2D eigenvalue weighted by molar-refractivity contribution is -0.110. The first-order valence-corrected chi connectivity index (χ1v) is 5.91. The topological polar surface area (TPSA) is 29.5 Å². The third-order valence-electron chi connectivity index (χ3n) is 3.76. The summed E-state index contributed by atoms with van der Waals surface area (Å²) in [6.45, 7) is 4.18. The summed E-state index contributed by atoms with van der Waals surface area (Å²) < 4.78 is 5.50. The zero-order chi connectivity index (χ0) is 10.6. The van der Waals surface area contributed by atoms with Crippen LogP contribution in [0, 0.1) is 5.92 Å². The normalized spacial score (nSPS) is 19.7. The summed E-state index contributed by atoms with van der Waals surface area (Å²) in [7, 11) is 1.72. The summed E-state index contributed by atoms with van der Waals surface area (Å²) in [5.41, 5.74) is -0.297. The Morgan fingerprint density at radius 3 is 2.29 bits per heavy atom. The van der Waals surface area contributed by atoms with E-state index in [-0.39, 0.29) is 11.7 Å². The molecule has 1 atom stereocenters. The summed E-state index contributed by atoms with van der Waals surface area (Å²) in [6, 6.07) is 0. The fourth-order valence-electron chi connectivity index (χ4n) is 2.21. The van der Waals surface area contributed by atoms with Gasteiger partial charge in [0.1, 0.15) is 0 Å². The van der Waals surface area contributed by atoms with Crippen LogP contribution in [0.15, 0.2) is 0 Å². The molecule has 0 spiro atoms. The fraction of sp³-hybridized carbons (Fsp3) is 1.00. The molecule has 0 bridgehead atoms. The highest BCUT2D eigenvalue weighted by atomic mass is 16.5. The maximum Gasteiger partial charge on any atom is 0.0931 e. The molecule has 14 heavy (non-hydrogen) atoms. The lowest BCUT2D eigenvalue weighted by Crippen LogP contribution is -2.43. The van der Waals surface area contributed by atoms with Crippen molar-refractivity contribution in [2.75, 3.05) is 7.11 Å². The van der Waals surface area contributed by atoms with Crippen LogP contribution >= 0.6 is 0 Å². The van der Waals surface area contributed by atoms with Gasteiger partial charge < -0.3 is 9.84 Å². The maximum atomic E-state index is 10.1. The van der Waals surface area contributed by atoms with Gasteiger partial charge in [0, 0.05) is 7.11 Å². The number of hydrogen-bond acceptors (Lipinski definition) is 2. The number of rotatable bonds is 7. The Labute approximate surface area is 87.7 Å². The Morgan fingerprint density at radius 1 is 1.36 bits per heavy atom. The number of aliphatic hydroxyl groups is 1. The smallest absolute Gasteiger partial charge is 0.0931 e. The molecule has 1 saturated carbocycles. The summed E-state index contributed by atoms with van der Waals surface area (Å²) in [6.07, 6.45) is 6.31. The van der Waals surface area contributed by atoms with Crippen molar-refractivity contribution >= 4 is 0 Å². The second-order valence-electron chi connectivity index (χ2n) is 4.51. The van der Waals surface area contributed by atoms with Gasteiger partial charge in [0.15, 0.2) is 0 Å². The van der Waals surface area contributed by atoms with Crippen LogP contribution in [0.1, 0.15) is 52.4 Å². The molecule has 2 heteroatoms. The zero-order valence-corrected chi connectivity index (χ0v) is 9.75. The minimum Gasteiger partial charge on any atom is -0.390 e. The Bertz CT molecular complexity index is 151. The molecular formula is C12H24O2. The monoisotopic (exact) mass is 200 g/mol. The predicted molar refractivity (Wildman–Crippen MR) is 58.3 cm³/mol. The van der Waals surface area contributed by atoms with Crippen molar-refractivity contribution in [1.82, 2.24) is 0 Å². The van der Waals surface area contributed by atoms with Gasteiger partial charge in [-0.2, -0.15) is 0 Å². The van der Waals surface area contributed by atoms with Gasteiger partial charge in [-0.05, 0) is 31.6 Å². The van der Waals surface area contributed by atoms with Crippen molar-refractivity contribution in [2.24, 2.45) is 5.92 Å². The fourth-order valence-corrected chi connectivity index (χ4v) is 2.21. The van der Waals surface area contributed by atoms with Gasteiger partial charge in [-0.1, -0.05) is 26.7 Å². The second-order valence-corrected chi connectivity index (χ2v) is 4.51. The van der Waals surface area contributed by atoms with Gasteiger partial charge in [0.05, 0.1) is 11.7 Å². The lowest BCUT2D eigenvalue weighted by atomic mass is 9.87. The van der Waals surface area contributed by atoms with Crippen molar-refractivity contribution in [3.8, 4) is 0 Å². The highest BCUT2D eigenvalue weighted by Crippen LogP contribution is 2.36. The minimum absolute atomic E-state index is 0.289. The molecule has 0 aromatic rings. The molecule has 0 saturated heterocycles. The van der Waals surface area contributed by atoms with Gasteiger partial charge in [-0.3, -0.25) is 0 Å². The van der Waals surface area contributed by atoms with E-state index in [0.717, 1.165) is 25.2 Å². The van der Waals surface area contributed by atoms with Crippen LogP contribution in [-0.2, 0) is 4.74 Å². The highest BCUT2D eigenvalue weighted by Gasteiger charge is 2.35. The Morgan fingerprint density at radius 2 is 1.93 bits per heavy atom. The van der Waals surface area contributed by atoms with Crippen molar-refractivity contribution in [1.29, 1.82) is 0 Å². The number of ether oxygens (including phenoxy) is 1. The SMILES string of the molecule is CCC(CC)(OC)C(O)CCC1CC1. The van der Waals surface area contributed by atoms with Crippen molar-refractivity contribution in [2.45, 2.75) is 64.1 Å². The molecule has 1 fully saturated rings. The highest BCUT2D eigenvalue weighted by molar-refractivity contribution is 4.87. The van der Waals surface area contributed by atoms with Crippen LogP contribution in [0.25, 0.3) is 0 Å². The second kappa shape index (κ2) is 5.13. The average molecular weight is 200 g/mol. The quantitative estimate of drug-likeness (QED) is 0.684. The third-order valence-corrected chi connectivity index (χ3v) is 3.76. The van der Waals surface area contributed by atoms with Crippen molar-refractivity contribution in [3.05, 3.63) is 0 Å². The van der Waals surface area contributed by atoms with E-state index >= 15 is 0 Å². The van der Waals surface area contributed by atoms with Crippen LogP contribution in [-0.4, -0.2) is 23.9 Å². The van der Waals surface area contributed by atoms with Gasteiger partial charge in [0.25, 0.3) is 0 Å². The Balaban J connectivity index is 2.39. The molecular weight excluding hydrogens is 176 g/mol. The summed E-state index contributed by atoms with van der Waals surface area (Å²) in [4.78, 5) is 0. The van der Waals surface area contributed by atoms with E-state index in [1.165, 1.54) is 19.3 Å². The van der Waals surface area contributed by atoms with Crippen LogP contribution in [0.2, 0.25) is 0 Å². The molecule has 84 valence electrons. The van der Waals surface area contributed by atoms with E-state index in [0.29, 0.717) is 0 Å². The molecule has 1 aliphatic rings.